The summed E-state index contributed by atoms with van der Waals surface area (Å²) in [6, 6.07) is 9.65. The zero-order chi connectivity index (χ0) is 13.1. The summed E-state index contributed by atoms with van der Waals surface area (Å²) in [5.41, 5.74) is 0.902. The van der Waals surface area contributed by atoms with Gasteiger partial charge in [0.2, 0.25) is 0 Å². The fraction of sp³-hybridized carbons (Fsp3) is 0.400. The van der Waals surface area contributed by atoms with Crippen molar-refractivity contribution in [1.82, 2.24) is 0 Å². The Balaban J connectivity index is 2.92. The molecule has 0 saturated heterocycles. The van der Waals surface area contributed by atoms with E-state index in [2.05, 4.69) is 45.7 Å². The Hall–Kier alpha value is -1.33. The molecule has 0 heterocycles. The second kappa shape index (κ2) is 4.89. The van der Waals surface area contributed by atoms with Gasteiger partial charge in [0, 0.05) is 5.56 Å². The van der Waals surface area contributed by atoms with Crippen LogP contribution < -0.4 is 0 Å². The van der Waals surface area contributed by atoms with Crippen LogP contribution in [0.25, 0.3) is 0 Å². The normalized spacial score (nSPS) is 11.6. The van der Waals surface area contributed by atoms with Crippen molar-refractivity contribution in [2.75, 3.05) is 0 Å². The smallest absolute Gasteiger partial charge is 0.181 e. The van der Waals surface area contributed by atoms with Crippen molar-refractivity contribution in [3.8, 4) is 11.8 Å². The summed E-state index contributed by atoms with van der Waals surface area (Å²) in [6.45, 7) is 10.6. The molecular weight excluding hydrogens is 224 g/mol. The van der Waals surface area contributed by atoms with E-state index < -0.39 is 8.07 Å². The molecule has 0 spiro atoms. The van der Waals surface area contributed by atoms with E-state index in [-0.39, 0.29) is 10.4 Å². The molecule has 0 radical (unpaired) electrons. The van der Waals surface area contributed by atoms with Gasteiger partial charge in [0.15, 0.2) is 5.41 Å². The molecule has 2 heteroatoms. The Morgan fingerprint density at radius 3 is 2.12 bits per heavy atom. The van der Waals surface area contributed by atoms with E-state index in [4.69, 9.17) is 0 Å². The van der Waals surface area contributed by atoms with Crippen molar-refractivity contribution in [3.05, 3.63) is 35.9 Å². The largest absolute Gasteiger partial charge is 0.291 e. The van der Waals surface area contributed by atoms with Crippen LogP contribution >= 0.6 is 0 Å². The maximum Gasteiger partial charge on any atom is 0.181 e. The molecule has 0 saturated carbocycles. The van der Waals surface area contributed by atoms with Gasteiger partial charge >= 0.3 is 0 Å². The van der Waals surface area contributed by atoms with Crippen LogP contribution in [-0.2, 0) is 4.79 Å². The molecule has 0 aliphatic rings. The first-order chi connectivity index (χ1) is 7.75. The lowest BCUT2D eigenvalue weighted by Gasteiger charge is -2.33. The zero-order valence-electron chi connectivity index (χ0n) is 11.3. The van der Waals surface area contributed by atoms with Crippen molar-refractivity contribution >= 4 is 13.5 Å². The number of carbonyl (C=O) groups excluding carboxylic acids is 1. The van der Waals surface area contributed by atoms with E-state index >= 15 is 0 Å². The topological polar surface area (TPSA) is 17.1 Å². The van der Waals surface area contributed by atoms with Crippen LogP contribution in [0.2, 0.25) is 18.1 Å². The fourth-order valence-corrected chi connectivity index (χ4v) is 2.20. The molecule has 90 valence electrons. The molecule has 0 aromatic heterocycles. The SMILES string of the molecule is CC(C)(C)[Si](C)(C)C(=O)C#Cc1ccccc1. The third-order valence-electron chi connectivity index (χ3n) is 3.54. The van der Waals surface area contributed by atoms with Crippen LogP contribution in [-0.4, -0.2) is 13.5 Å². The number of hydrogen-bond acceptors (Lipinski definition) is 1. The van der Waals surface area contributed by atoms with Crippen LogP contribution in [0.5, 0.6) is 0 Å². The first kappa shape index (κ1) is 13.7. The molecule has 0 aliphatic heterocycles. The summed E-state index contributed by atoms with van der Waals surface area (Å²) >= 11 is 0. The molecule has 17 heavy (non-hydrogen) atoms. The van der Waals surface area contributed by atoms with Gasteiger partial charge in [-0.1, -0.05) is 58.0 Å². The van der Waals surface area contributed by atoms with Crippen molar-refractivity contribution in [2.45, 2.75) is 38.9 Å². The van der Waals surface area contributed by atoms with Gasteiger partial charge in [-0.25, -0.2) is 0 Å². The predicted molar refractivity (Wildman–Crippen MR) is 75.5 cm³/mol. The van der Waals surface area contributed by atoms with E-state index in [1.165, 1.54) is 0 Å². The first-order valence-electron chi connectivity index (χ1n) is 5.86. The summed E-state index contributed by atoms with van der Waals surface area (Å²) in [7, 11) is -1.97. The molecule has 0 unspecified atom stereocenters. The highest BCUT2D eigenvalue weighted by Crippen LogP contribution is 2.36. The minimum absolute atomic E-state index is 0.0510. The summed E-state index contributed by atoms with van der Waals surface area (Å²) in [6.07, 6.45) is 0. The Bertz CT molecular complexity index is 455. The maximum atomic E-state index is 12.2. The number of hydrogen-bond donors (Lipinski definition) is 0. The number of benzene rings is 1. The van der Waals surface area contributed by atoms with Gasteiger partial charge in [0.25, 0.3) is 0 Å². The van der Waals surface area contributed by atoms with Gasteiger partial charge in [0.1, 0.15) is 8.07 Å². The van der Waals surface area contributed by atoms with Gasteiger partial charge in [-0.05, 0) is 23.1 Å². The minimum atomic E-state index is -1.97. The van der Waals surface area contributed by atoms with Crippen molar-refractivity contribution in [2.24, 2.45) is 0 Å². The predicted octanol–water partition coefficient (Wildman–Crippen LogP) is 3.65. The number of rotatable bonds is 1. The van der Waals surface area contributed by atoms with E-state index in [0.717, 1.165) is 5.56 Å². The van der Waals surface area contributed by atoms with Gasteiger partial charge in [-0.15, -0.1) is 0 Å². The van der Waals surface area contributed by atoms with Crippen molar-refractivity contribution < 1.29 is 4.79 Å². The molecule has 1 nitrogen and oxygen atoms in total. The van der Waals surface area contributed by atoms with Gasteiger partial charge in [-0.3, -0.25) is 4.79 Å². The average Bonchev–Trinajstić information content (AvgIpc) is 2.25. The van der Waals surface area contributed by atoms with Crippen molar-refractivity contribution in [3.63, 3.8) is 0 Å². The number of carbonyl (C=O) groups is 1. The molecule has 1 rings (SSSR count). The van der Waals surface area contributed by atoms with Crippen LogP contribution in [0, 0.1) is 11.8 Å². The summed E-state index contributed by atoms with van der Waals surface area (Å²) in [5.74, 6) is 5.78. The second-order valence-corrected chi connectivity index (χ2v) is 11.0. The van der Waals surface area contributed by atoms with Crippen LogP contribution in [0.15, 0.2) is 30.3 Å². The molecule has 0 amide bonds. The third-order valence-corrected chi connectivity index (χ3v) is 8.55. The zero-order valence-corrected chi connectivity index (χ0v) is 12.3. The lowest BCUT2D eigenvalue weighted by molar-refractivity contribution is -0.108. The van der Waals surface area contributed by atoms with Crippen molar-refractivity contribution in [1.29, 1.82) is 0 Å². The summed E-state index contributed by atoms with van der Waals surface area (Å²) in [5, 5.41) is 0.184. The van der Waals surface area contributed by atoms with E-state index in [1.54, 1.807) is 0 Å². The molecule has 1 aromatic carbocycles. The standard InChI is InChI=1S/C15H20OSi/c1-15(2,3)17(4,5)14(16)12-11-13-9-7-6-8-10-13/h6-10H,1-5H3. The average molecular weight is 244 g/mol. The van der Waals surface area contributed by atoms with E-state index in [0.29, 0.717) is 0 Å². The Morgan fingerprint density at radius 2 is 1.65 bits per heavy atom. The molecule has 0 N–H and O–H groups in total. The maximum absolute atomic E-state index is 12.2. The lowest BCUT2D eigenvalue weighted by atomic mass is 10.2. The highest BCUT2D eigenvalue weighted by Gasteiger charge is 2.41. The minimum Gasteiger partial charge on any atom is -0.291 e. The van der Waals surface area contributed by atoms with E-state index in [1.807, 2.05) is 30.3 Å². The monoisotopic (exact) mass is 244 g/mol. The Labute approximate surface area is 105 Å². The summed E-state index contributed by atoms with van der Waals surface area (Å²) in [4.78, 5) is 12.2. The molecule has 0 fully saturated rings. The first-order valence-corrected chi connectivity index (χ1v) is 8.86. The van der Waals surface area contributed by atoms with Gasteiger partial charge in [0.05, 0.1) is 0 Å². The van der Waals surface area contributed by atoms with Gasteiger partial charge < -0.3 is 0 Å². The molecular formula is C15H20OSi. The van der Waals surface area contributed by atoms with Gasteiger partial charge in [-0.2, -0.15) is 0 Å². The highest BCUT2D eigenvalue weighted by molar-refractivity contribution is 7.08. The van der Waals surface area contributed by atoms with Crippen LogP contribution in [0.3, 0.4) is 0 Å². The quantitative estimate of drug-likeness (QED) is 0.544. The molecule has 0 atom stereocenters. The molecule has 1 aromatic rings. The lowest BCUT2D eigenvalue weighted by Crippen LogP contribution is -2.45. The molecule has 0 bridgehead atoms. The Morgan fingerprint density at radius 1 is 1.12 bits per heavy atom. The fourth-order valence-electron chi connectivity index (χ4n) is 1.15. The highest BCUT2D eigenvalue weighted by atomic mass is 28.3. The summed E-state index contributed by atoms with van der Waals surface area (Å²) < 4.78 is 0. The second-order valence-electron chi connectivity index (χ2n) is 5.82. The van der Waals surface area contributed by atoms with E-state index in [9.17, 15) is 4.79 Å². The molecule has 0 aliphatic carbocycles. The van der Waals surface area contributed by atoms with Crippen LogP contribution in [0.1, 0.15) is 26.3 Å². The Kier molecular flexibility index (Phi) is 3.95. The van der Waals surface area contributed by atoms with Crippen LogP contribution in [0.4, 0.5) is 0 Å². The third kappa shape index (κ3) is 3.31.